The van der Waals surface area contributed by atoms with Crippen molar-refractivity contribution in [1.29, 1.82) is 0 Å². The highest BCUT2D eigenvalue weighted by molar-refractivity contribution is 5.76. The van der Waals surface area contributed by atoms with Gasteiger partial charge in [-0.05, 0) is 37.2 Å². The van der Waals surface area contributed by atoms with Crippen molar-refractivity contribution in [2.24, 2.45) is 5.92 Å². The van der Waals surface area contributed by atoms with Crippen molar-refractivity contribution >= 4 is 5.91 Å². The van der Waals surface area contributed by atoms with E-state index < -0.39 is 0 Å². The van der Waals surface area contributed by atoms with E-state index in [1.165, 1.54) is 76.2 Å². The van der Waals surface area contributed by atoms with Crippen LogP contribution in [0.1, 0.15) is 89.5 Å². The first-order chi connectivity index (χ1) is 12.8. The molecular weight excluding hydrogens is 318 g/mol. The molecule has 1 fully saturated rings. The lowest BCUT2D eigenvalue weighted by atomic mass is 9.90. The highest BCUT2D eigenvalue weighted by atomic mass is 16.2. The number of amides is 1. The van der Waals surface area contributed by atoms with Crippen LogP contribution in [-0.4, -0.2) is 23.9 Å². The van der Waals surface area contributed by atoms with Gasteiger partial charge in [-0.2, -0.15) is 0 Å². The van der Waals surface area contributed by atoms with Gasteiger partial charge in [0.15, 0.2) is 0 Å². The Morgan fingerprint density at radius 1 is 0.885 bits per heavy atom. The van der Waals surface area contributed by atoms with Crippen molar-refractivity contribution in [3.05, 3.63) is 35.9 Å². The number of piperidine rings is 1. The molecule has 1 heterocycles. The summed E-state index contributed by atoms with van der Waals surface area (Å²) >= 11 is 0. The fraction of sp³-hybridized carbons (Fsp3) is 0.708. The summed E-state index contributed by atoms with van der Waals surface area (Å²) in [6.45, 7) is 4.20. The van der Waals surface area contributed by atoms with Crippen molar-refractivity contribution in [3.8, 4) is 0 Å². The second-order valence-corrected chi connectivity index (χ2v) is 8.09. The van der Waals surface area contributed by atoms with E-state index in [-0.39, 0.29) is 0 Å². The van der Waals surface area contributed by atoms with Crippen LogP contribution in [0.25, 0.3) is 0 Å². The van der Waals surface area contributed by atoms with Gasteiger partial charge >= 0.3 is 0 Å². The van der Waals surface area contributed by atoms with Crippen molar-refractivity contribution in [2.75, 3.05) is 13.1 Å². The Morgan fingerprint density at radius 2 is 1.46 bits per heavy atom. The molecule has 1 aliphatic rings. The molecule has 2 heteroatoms. The van der Waals surface area contributed by atoms with Gasteiger partial charge in [0, 0.05) is 19.5 Å². The number of hydrogen-bond acceptors (Lipinski definition) is 1. The minimum Gasteiger partial charge on any atom is -0.343 e. The predicted molar refractivity (Wildman–Crippen MR) is 111 cm³/mol. The maximum atomic E-state index is 12.4. The summed E-state index contributed by atoms with van der Waals surface area (Å²) in [4.78, 5) is 14.5. The highest BCUT2D eigenvalue weighted by Gasteiger charge is 2.22. The molecule has 0 saturated carbocycles. The van der Waals surface area contributed by atoms with Crippen LogP contribution in [0.4, 0.5) is 0 Å². The molecule has 1 amide bonds. The molecular formula is C24H39NO. The van der Waals surface area contributed by atoms with Crippen molar-refractivity contribution in [2.45, 2.75) is 90.4 Å². The van der Waals surface area contributed by atoms with Crippen LogP contribution in [0.2, 0.25) is 0 Å². The molecule has 1 aliphatic heterocycles. The van der Waals surface area contributed by atoms with Crippen molar-refractivity contribution in [1.82, 2.24) is 4.90 Å². The average molecular weight is 358 g/mol. The van der Waals surface area contributed by atoms with Gasteiger partial charge in [0.05, 0.1) is 0 Å². The van der Waals surface area contributed by atoms with E-state index in [1.54, 1.807) is 0 Å². The van der Waals surface area contributed by atoms with Crippen LogP contribution in [-0.2, 0) is 11.2 Å². The van der Waals surface area contributed by atoms with E-state index >= 15 is 0 Å². The Bertz CT molecular complexity index is 476. The second-order valence-electron chi connectivity index (χ2n) is 8.09. The number of likely N-dealkylation sites (tertiary alicyclic amines) is 1. The van der Waals surface area contributed by atoms with Crippen LogP contribution in [0.15, 0.2) is 30.3 Å². The first-order valence-corrected chi connectivity index (χ1v) is 11.1. The molecule has 0 spiro atoms. The van der Waals surface area contributed by atoms with E-state index in [9.17, 15) is 4.79 Å². The number of carbonyl (C=O) groups is 1. The third-order valence-electron chi connectivity index (χ3n) is 5.83. The summed E-state index contributed by atoms with van der Waals surface area (Å²) in [6.07, 6.45) is 16.1. The third kappa shape index (κ3) is 8.38. The Balaban J connectivity index is 1.49. The van der Waals surface area contributed by atoms with Gasteiger partial charge in [0.2, 0.25) is 5.91 Å². The molecule has 26 heavy (non-hydrogen) atoms. The zero-order chi connectivity index (χ0) is 18.5. The smallest absolute Gasteiger partial charge is 0.222 e. The molecule has 1 saturated heterocycles. The fourth-order valence-corrected chi connectivity index (χ4v) is 4.08. The SMILES string of the molecule is CCCCCCCCCCCC(=O)N1CCC(Cc2ccccc2)CC1. The summed E-state index contributed by atoms with van der Waals surface area (Å²) < 4.78 is 0. The normalized spacial score (nSPS) is 15.3. The summed E-state index contributed by atoms with van der Waals surface area (Å²) in [5, 5.41) is 0. The van der Waals surface area contributed by atoms with E-state index in [4.69, 9.17) is 0 Å². The van der Waals surface area contributed by atoms with E-state index in [0.29, 0.717) is 5.91 Å². The maximum absolute atomic E-state index is 12.4. The number of rotatable bonds is 12. The number of nitrogens with zero attached hydrogens (tertiary/aromatic N) is 1. The lowest BCUT2D eigenvalue weighted by Crippen LogP contribution is -2.38. The Kier molecular flexibility index (Phi) is 10.5. The minimum absolute atomic E-state index is 0.395. The Morgan fingerprint density at radius 3 is 2.08 bits per heavy atom. The molecule has 0 aliphatic carbocycles. The van der Waals surface area contributed by atoms with Crippen molar-refractivity contribution in [3.63, 3.8) is 0 Å². The van der Waals surface area contributed by atoms with Gasteiger partial charge in [0.1, 0.15) is 0 Å². The zero-order valence-electron chi connectivity index (χ0n) is 16.9. The lowest BCUT2D eigenvalue weighted by molar-refractivity contribution is -0.132. The van der Waals surface area contributed by atoms with E-state index in [0.717, 1.165) is 31.8 Å². The molecule has 146 valence electrons. The van der Waals surface area contributed by atoms with Gasteiger partial charge in [0.25, 0.3) is 0 Å². The largest absolute Gasteiger partial charge is 0.343 e. The van der Waals surface area contributed by atoms with Gasteiger partial charge in [-0.15, -0.1) is 0 Å². The number of carbonyl (C=O) groups excluding carboxylic acids is 1. The van der Waals surface area contributed by atoms with E-state index in [1.807, 2.05) is 0 Å². The van der Waals surface area contributed by atoms with Crippen LogP contribution in [0, 0.1) is 5.92 Å². The summed E-state index contributed by atoms with van der Waals surface area (Å²) in [7, 11) is 0. The summed E-state index contributed by atoms with van der Waals surface area (Å²) in [5.74, 6) is 1.14. The lowest BCUT2D eigenvalue weighted by Gasteiger charge is -2.32. The summed E-state index contributed by atoms with van der Waals surface area (Å²) in [6, 6.07) is 10.8. The Hall–Kier alpha value is -1.31. The molecule has 0 atom stereocenters. The number of unbranched alkanes of at least 4 members (excludes halogenated alkanes) is 8. The molecule has 1 aromatic rings. The molecule has 2 rings (SSSR count). The first-order valence-electron chi connectivity index (χ1n) is 11.1. The number of benzene rings is 1. The van der Waals surface area contributed by atoms with Gasteiger partial charge in [-0.1, -0.05) is 88.6 Å². The Labute approximate surface area is 161 Å². The van der Waals surface area contributed by atoms with E-state index in [2.05, 4.69) is 42.2 Å². The molecule has 0 aromatic heterocycles. The van der Waals surface area contributed by atoms with Crippen LogP contribution in [0.5, 0.6) is 0 Å². The molecule has 1 aromatic carbocycles. The quantitative estimate of drug-likeness (QED) is 0.397. The highest BCUT2D eigenvalue weighted by Crippen LogP contribution is 2.22. The monoisotopic (exact) mass is 357 g/mol. The predicted octanol–water partition coefficient (Wildman–Crippen LogP) is 6.39. The molecule has 0 N–H and O–H groups in total. The first kappa shape index (κ1) is 21.0. The minimum atomic E-state index is 0.395. The van der Waals surface area contributed by atoms with Gasteiger partial charge in [-0.25, -0.2) is 0 Å². The third-order valence-corrected chi connectivity index (χ3v) is 5.83. The van der Waals surface area contributed by atoms with Crippen LogP contribution < -0.4 is 0 Å². The van der Waals surface area contributed by atoms with Gasteiger partial charge < -0.3 is 4.90 Å². The molecule has 2 nitrogen and oxygen atoms in total. The standard InChI is InChI=1S/C24H39NO/c1-2-3-4-5-6-7-8-9-13-16-24(26)25-19-17-23(18-20-25)21-22-14-11-10-12-15-22/h10-12,14-15,23H,2-9,13,16-21H2,1H3. The summed E-state index contributed by atoms with van der Waals surface area (Å²) in [5.41, 5.74) is 1.44. The topological polar surface area (TPSA) is 20.3 Å². The van der Waals surface area contributed by atoms with Crippen LogP contribution in [0.3, 0.4) is 0 Å². The van der Waals surface area contributed by atoms with Crippen molar-refractivity contribution < 1.29 is 4.79 Å². The van der Waals surface area contributed by atoms with Crippen LogP contribution >= 0.6 is 0 Å². The molecule has 0 radical (unpaired) electrons. The average Bonchev–Trinajstić information content (AvgIpc) is 2.68. The molecule has 0 unspecified atom stereocenters. The van der Waals surface area contributed by atoms with Gasteiger partial charge in [-0.3, -0.25) is 4.79 Å². The maximum Gasteiger partial charge on any atom is 0.222 e. The fourth-order valence-electron chi connectivity index (χ4n) is 4.08. The number of hydrogen-bond donors (Lipinski definition) is 0. The zero-order valence-corrected chi connectivity index (χ0v) is 16.9. The molecule has 0 bridgehead atoms. The second kappa shape index (κ2) is 12.9.